The number of hydrogen-bond donors (Lipinski definition) is 3. The number of nitrogens with one attached hydrogen (secondary N) is 2. The zero-order valence-corrected chi connectivity index (χ0v) is 8.24. The van der Waals surface area contributed by atoms with Crippen molar-refractivity contribution in [2.75, 3.05) is 25.5 Å². The van der Waals surface area contributed by atoms with Crippen molar-refractivity contribution in [2.24, 2.45) is 7.05 Å². The molecule has 1 rings (SSSR count). The van der Waals surface area contributed by atoms with E-state index in [1.165, 1.54) is 0 Å². The van der Waals surface area contributed by atoms with E-state index in [9.17, 15) is 4.79 Å². The highest BCUT2D eigenvalue weighted by molar-refractivity contribution is 5.97. The van der Waals surface area contributed by atoms with Gasteiger partial charge in [-0.15, -0.1) is 0 Å². The van der Waals surface area contributed by atoms with Crippen LogP contribution in [0.1, 0.15) is 10.5 Å². The fourth-order valence-corrected chi connectivity index (χ4v) is 1.13. The van der Waals surface area contributed by atoms with Crippen LogP contribution in [0, 0.1) is 0 Å². The normalized spacial score (nSPS) is 9.93. The van der Waals surface area contributed by atoms with Crippen LogP contribution in [0.4, 0.5) is 5.82 Å². The maximum atomic E-state index is 11.5. The molecule has 0 saturated carbocycles. The summed E-state index contributed by atoms with van der Waals surface area (Å²) in [5.41, 5.74) is 0.459. The molecule has 0 aliphatic rings. The number of aliphatic hydroxyl groups excluding tert-OH is 1. The molecule has 0 aromatic carbocycles. The molecule has 0 saturated heterocycles. The average molecular weight is 198 g/mol. The Hall–Kier alpha value is -1.56. The lowest BCUT2D eigenvalue weighted by Crippen LogP contribution is -2.28. The van der Waals surface area contributed by atoms with Crippen molar-refractivity contribution in [1.29, 1.82) is 0 Å². The first-order valence-electron chi connectivity index (χ1n) is 4.28. The Balaban J connectivity index is 2.82. The number of aryl methyl sites for hydroxylation is 1. The van der Waals surface area contributed by atoms with Gasteiger partial charge < -0.3 is 20.3 Å². The standard InChI is InChI=1S/C8H14N4O2/c1-9-7-6(12(2)5-11-7)8(14)10-3-4-13/h5,9,13H,3-4H2,1-2H3,(H,10,14). The van der Waals surface area contributed by atoms with Gasteiger partial charge >= 0.3 is 0 Å². The largest absolute Gasteiger partial charge is 0.395 e. The molecular formula is C8H14N4O2. The van der Waals surface area contributed by atoms with Gasteiger partial charge in [0.15, 0.2) is 11.5 Å². The van der Waals surface area contributed by atoms with E-state index in [1.807, 2.05) is 0 Å². The molecule has 1 amide bonds. The van der Waals surface area contributed by atoms with Crippen molar-refractivity contribution < 1.29 is 9.90 Å². The van der Waals surface area contributed by atoms with E-state index in [0.717, 1.165) is 0 Å². The predicted octanol–water partition coefficient (Wildman–Crippen LogP) is -0.816. The van der Waals surface area contributed by atoms with Crippen LogP contribution in [0.3, 0.4) is 0 Å². The molecule has 1 aromatic rings. The smallest absolute Gasteiger partial charge is 0.271 e. The quantitative estimate of drug-likeness (QED) is 0.591. The maximum absolute atomic E-state index is 11.5. The van der Waals surface area contributed by atoms with Gasteiger partial charge in [0.05, 0.1) is 12.9 Å². The van der Waals surface area contributed by atoms with E-state index in [2.05, 4.69) is 15.6 Å². The maximum Gasteiger partial charge on any atom is 0.271 e. The van der Waals surface area contributed by atoms with E-state index < -0.39 is 0 Å². The number of imidazole rings is 1. The van der Waals surface area contributed by atoms with Crippen LogP contribution in [-0.4, -0.2) is 40.8 Å². The number of aliphatic hydroxyl groups is 1. The monoisotopic (exact) mass is 198 g/mol. The van der Waals surface area contributed by atoms with Crippen LogP contribution in [0.15, 0.2) is 6.33 Å². The number of rotatable bonds is 4. The molecule has 0 spiro atoms. The van der Waals surface area contributed by atoms with Gasteiger partial charge in [-0.2, -0.15) is 0 Å². The summed E-state index contributed by atoms with van der Waals surface area (Å²) in [6.07, 6.45) is 1.56. The third kappa shape index (κ3) is 2.02. The van der Waals surface area contributed by atoms with Gasteiger partial charge in [-0.05, 0) is 0 Å². The van der Waals surface area contributed by atoms with Crippen molar-refractivity contribution in [2.45, 2.75) is 0 Å². The molecule has 0 radical (unpaired) electrons. The first-order valence-corrected chi connectivity index (χ1v) is 4.28. The third-order valence-corrected chi connectivity index (χ3v) is 1.79. The molecule has 1 heterocycles. The minimum Gasteiger partial charge on any atom is -0.395 e. The number of amides is 1. The minimum absolute atomic E-state index is 0.0710. The number of nitrogens with zero attached hydrogens (tertiary/aromatic N) is 2. The Morgan fingerprint density at radius 1 is 1.71 bits per heavy atom. The van der Waals surface area contributed by atoms with Crippen molar-refractivity contribution >= 4 is 11.7 Å². The van der Waals surface area contributed by atoms with Crippen molar-refractivity contribution in [3.8, 4) is 0 Å². The van der Waals surface area contributed by atoms with Gasteiger partial charge in [0.2, 0.25) is 0 Å². The van der Waals surface area contributed by atoms with Gasteiger partial charge in [-0.3, -0.25) is 4.79 Å². The van der Waals surface area contributed by atoms with Crippen LogP contribution in [0.2, 0.25) is 0 Å². The Morgan fingerprint density at radius 2 is 2.43 bits per heavy atom. The van der Waals surface area contributed by atoms with E-state index >= 15 is 0 Å². The molecule has 0 fully saturated rings. The summed E-state index contributed by atoms with van der Waals surface area (Å²) < 4.78 is 1.62. The molecule has 0 aliphatic heterocycles. The fraction of sp³-hybridized carbons (Fsp3) is 0.500. The Labute approximate surface area is 82.0 Å². The number of hydrogen-bond acceptors (Lipinski definition) is 4. The zero-order valence-electron chi connectivity index (χ0n) is 8.24. The summed E-state index contributed by atoms with van der Waals surface area (Å²) in [6.45, 7) is 0.172. The third-order valence-electron chi connectivity index (χ3n) is 1.79. The molecule has 0 aliphatic carbocycles. The molecule has 78 valence electrons. The van der Waals surface area contributed by atoms with Crippen LogP contribution >= 0.6 is 0 Å². The first-order chi connectivity index (χ1) is 6.70. The molecular weight excluding hydrogens is 184 g/mol. The Kier molecular flexibility index (Phi) is 3.47. The van der Waals surface area contributed by atoms with Crippen LogP contribution in [-0.2, 0) is 7.05 Å². The molecule has 3 N–H and O–H groups in total. The van der Waals surface area contributed by atoms with Crippen LogP contribution < -0.4 is 10.6 Å². The SMILES string of the molecule is CNc1ncn(C)c1C(=O)NCCO. The number of anilines is 1. The van der Waals surface area contributed by atoms with Crippen LogP contribution in [0.25, 0.3) is 0 Å². The highest BCUT2D eigenvalue weighted by Crippen LogP contribution is 2.10. The Bertz CT molecular complexity index is 321. The number of carbonyl (C=O) groups excluding carboxylic acids is 1. The number of aromatic nitrogens is 2. The fourth-order valence-electron chi connectivity index (χ4n) is 1.13. The van der Waals surface area contributed by atoms with Crippen molar-refractivity contribution in [3.63, 3.8) is 0 Å². The van der Waals surface area contributed by atoms with Gasteiger partial charge in [-0.25, -0.2) is 4.98 Å². The molecule has 0 unspecified atom stereocenters. The summed E-state index contributed by atoms with van der Waals surface area (Å²) in [5, 5.41) is 13.9. The lowest BCUT2D eigenvalue weighted by Gasteiger charge is -2.05. The molecule has 6 nitrogen and oxygen atoms in total. The highest BCUT2D eigenvalue weighted by atomic mass is 16.3. The predicted molar refractivity (Wildman–Crippen MR) is 52.2 cm³/mol. The molecule has 0 atom stereocenters. The van der Waals surface area contributed by atoms with E-state index in [4.69, 9.17) is 5.11 Å². The Morgan fingerprint density at radius 3 is 3.00 bits per heavy atom. The minimum atomic E-state index is -0.247. The van der Waals surface area contributed by atoms with Gasteiger partial charge in [-0.1, -0.05) is 0 Å². The van der Waals surface area contributed by atoms with E-state index in [-0.39, 0.29) is 19.1 Å². The van der Waals surface area contributed by atoms with Gasteiger partial charge in [0, 0.05) is 20.6 Å². The second-order valence-corrected chi connectivity index (χ2v) is 2.78. The van der Waals surface area contributed by atoms with E-state index in [0.29, 0.717) is 11.5 Å². The summed E-state index contributed by atoms with van der Waals surface area (Å²) >= 11 is 0. The highest BCUT2D eigenvalue weighted by Gasteiger charge is 2.15. The topological polar surface area (TPSA) is 79.2 Å². The van der Waals surface area contributed by atoms with E-state index in [1.54, 1.807) is 25.0 Å². The molecule has 14 heavy (non-hydrogen) atoms. The summed E-state index contributed by atoms with van der Waals surface area (Å²) in [4.78, 5) is 15.5. The van der Waals surface area contributed by atoms with Gasteiger partial charge in [0.1, 0.15) is 0 Å². The van der Waals surface area contributed by atoms with Crippen molar-refractivity contribution in [1.82, 2.24) is 14.9 Å². The lowest BCUT2D eigenvalue weighted by molar-refractivity contribution is 0.0937. The second kappa shape index (κ2) is 4.61. The van der Waals surface area contributed by atoms with Crippen molar-refractivity contribution in [3.05, 3.63) is 12.0 Å². The summed E-state index contributed by atoms with van der Waals surface area (Å²) in [5.74, 6) is 0.284. The summed E-state index contributed by atoms with van der Waals surface area (Å²) in [7, 11) is 3.44. The number of carbonyl (C=O) groups is 1. The summed E-state index contributed by atoms with van der Waals surface area (Å²) in [6, 6.07) is 0. The molecule has 6 heteroatoms. The molecule has 1 aromatic heterocycles. The van der Waals surface area contributed by atoms with Gasteiger partial charge in [0.25, 0.3) is 5.91 Å². The average Bonchev–Trinajstić information content (AvgIpc) is 2.56. The second-order valence-electron chi connectivity index (χ2n) is 2.78. The zero-order chi connectivity index (χ0) is 10.6. The van der Waals surface area contributed by atoms with Crippen LogP contribution in [0.5, 0.6) is 0 Å². The lowest BCUT2D eigenvalue weighted by atomic mass is 10.4. The molecule has 0 bridgehead atoms. The first kappa shape index (κ1) is 10.5.